The van der Waals surface area contributed by atoms with E-state index in [0.717, 1.165) is 16.9 Å². The fraction of sp³-hybridized carbons (Fsp3) is 0.103. The minimum Gasteiger partial charge on any atom is -0.490 e. The van der Waals surface area contributed by atoms with Crippen LogP contribution in [0.3, 0.4) is 0 Å². The van der Waals surface area contributed by atoms with Gasteiger partial charge in [0.05, 0.1) is 12.2 Å². The normalized spacial score (nSPS) is 11.9. The molecule has 2 aromatic carbocycles. The Morgan fingerprint density at radius 3 is 2.58 bits per heavy atom. The second-order valence-electron chi connectivity index (χ2n) is 8.08. The van der Waals surface area contributed by atoms with E-state index in [1.165, 1.54) is 15.9 Å². The number of rotatable bonds is 9. The quantitative estimate of drug-likeness (QED) is 0.200. The van der Waals surface area contributed by atoms with Gasteiger partial charge in [-0.1, -0.05) is 54.3 Å². The molecule has 190 valence electrons. The molecule has 0 unspecified atom stereocenters. The van der Waals surface area contributed by atoms with Crippen LogP contribution in [-0.2, 0) is 4.74 Å². The highest BCUT2D eigenvalue weighted by atomic mass is 32.1. The number of thiazole rings is 1. The van der Waals surface area contributed by atoms with Gasteiger partial charge in [0, 0.05) is 11.6 Å². The van der Waals surface area contributed by atoms with Crippen LogP contribution in [0, 0.1) is 0 Å². The number of nitrogens with zero attached hydrogens (tertiary/aromatic N) is 3. The fourth-order valence-electron chi connectivity index (χ4n) is 3.62. The lowest BCUT2D eigenvalue weighted by Crippen LogP contribution is -2.23. The molecule has 38 heavy (non-hydrogen) atoms. The number of furan rings is 1. The summed E-state index contributed by atoms with van der Waals surface area (Å²) in [7, 11) is 0. The first-order chi connectivity index (χ1) is 18.5. The number of esters is 1. The second-order valence-corrected chi connectivity index (χ2v) is 9.09. The fourth-order valence-corrected chi connectivity index (χ4v) is 4.52. The molecule has 0 spiro atoms. The molecule has 9 heteroatoms. The van der Waals surface area contributed by atoms with Crippen molar-refractivity contribution in [1.82, 2.24) is 14.6 Å². The van der Waals surface area contributed by atoms with Crippen molar-refractivity contribution in [2.24, 2.45) is 0 Å². The molecule has 0 N–H and O–H groups in total. The van der Waals surface area contributed by atoms with Crippen molar-refractivity contribution in [3.8, 4) is 17.1 Å². The number of hydrogen-bond acceptors (Lipinski definition) is 8. The molecule has 0 saturated carbocycles. The number of benzene rings is 2. The highest BCUT2D eigenvalue weighted by Gasteiger charge is 2.11. The average molecular weight is 526 g/mol. The van der Waals surface area contributed by atoms with E-state index in [1.54, 1.807) is 55.5 Å². The van der Waals surface area contributed by atoms with Crippen molar-refractivity contribution >= 4 is 40.5 Å². The lowest BCUT2D eigenvalue weighted by Gasteiger charge is -2.02. The molecular formula is C29H23N3O5S. The van der Waals surface area contributed by atoms with Gasteiger partial charge in [-0.3, -0.25) is 4.79 Å². The van der Waals surface area contributed by atoms with E-state index in [0.29, 0.717) is 45.6 Å². The van der Waals surface area contributed by atoms with Gasteiger partial charge in [-0.2, -0.15) is 9.50 Å². The Bertz CT molecular complexity index is 1730. The number of ether oxygens (including phenoxy) is 2. The average Bonchev–Trinajstić information content (AvgIpc) is 3.64. The summed E-state index contributed by atoms with van der Waals surface area (Å²) in [5.74, 6) is 1.98. The maximum Gasteiger partial charge on any atom is 0.338 e. The molecule has 8 nitrogen and oxygen atoms in total. The predicted molar refractivity (Wildman–Crippen MR) is 147 cm³/mol. The Labute approximate surface area is 221 Å². The van der Waals surface area contributed by atoms with Crippen LogP contribution in [0.5, 0.6) is 5.75 Å². The van der Waals surface area contributed by atoms with Gasteiger partial charge in [-0.15, -0.1) is 5.10 Å². The van der Waals surface area contributed by atoms with E-state index in [-0.39, 0.29) is 11.5 Å². The number of carbonyl (C=O) groups is 1. The third-order valence-electron chi connectivity index (χ3n) is 5.45. The smallest absolute Gasteiger partial charge is 0.338 e. The summed E-state index contributed by atoms with van der Waals surface area (Å²) in [5, 5.41) is 4.33. The molecule has 3 heterocycles. The molecule has 0 aliphatic carbocycles. The zero-order chi connectivity index (χ0) is 26.5. The summed E-state index contributed by atoms with van der Waals surface area (Å²) in [6.45, 7) is 6.17. The molecule has 0 amide bonds. The lowest BCUT2D eigenvalue weighted by atomic mass is 10.1. The summed E-state index contributed by atoms with van der Waals surface area (Å²) in [6.07, 6.45) is 7.00. The summed E-state index contributed by atoms with van der Waals surface area (Å²) < 4.78 is 18.2. The van der Waals surface area contributed by atoms with Crippen LogP contribution >= 0.6 is 11.3 Å². The topological polar surface area (TPSA) is 95.9 Å². The van der Waals surface area contributed by atoms with Gasteiger partial charge >= 0.3 is 5.97 Å². The van der Waals surface area contributed by atoms with E-state index in [4.69, 9.17) is 13.9 Å². The first kappa shape index (κ1) is 24.9. The van der Waals surface area contributed by atoms with E-state index >= 15 is 0 Å². The largest absolute Gasteiger partial charge is 0.490 e. The van der Waals surface area contributed by atoms with Crippen LogP contribution in [0.15, 0.2) is 82.5 Å². The number of fused-ring (bicyclic) bond motifs is 1. The van der Waals surface area contributed by atoms with Gasteiger partial charge in [-0.25, -0.2) is 4.79 Å². The molecule has 0 atom stereocenters. The first-order valence-corrected chi connectivity index (χ1v) is 12.7. The lowest BCUT2D eigenvalue weighted by molar-refractivity contribution is 0.0526. The minimum absolute atomic E-state index is 0.266. The van der Waals surface area contributed by atoms with Gasteiger partial charge in [-0.05, 0) is 55.0 Å². The third-order valence-corrected chi connectivity index (χ3v) is 6.41. The van der Waals surface area contributed by atoms with Crippen molar-refractivity contribution in [2.75, 3.05) is 13.2 Å². The van der Waals surface area contributed by atoms with Gasteiger partial charge in [0.25, 0.3) is 5.56 Å². The van der Waals surface area contributed by atoms with Crippen LogP contribution in [0.1, 0.15) is 34.4 Å². The molecule has 0 radical (unpaired) electrons. The van der Waals surface area contributed by atoms with Crippen LogP contribution in [0.4, 0.5) is 0 Å². The van der Waals surface area contributed by atoms with E-state index in [9.17, 15) is 9.59 Å². The summed E-state index contributed by atoms with van der Waals surface area (Å²) in [5.41, 5.74) is 1.96. The molecule has 0 saturated heterocycles. The molecule has 0 bridgehead atoms. The summed E-state index contributed by atoms with van der Waals surface area (Å²) >= 11 is 1.24. The molecule has 5 rings (SSSR count). The Morgan fingerprint density at radius 1 is 1.08 bits per heavy atom. The number of carbonyl (C=O) groups excluding carboxylic acids is 1. The maximum atomic E-state index is 12.9. The molecule has 3 aromatic heterocycles. The minimum atomic E-state index is -0.367. The first-order valence-electron chi connectivity index (χ1n) is 11.8. The molecule has 0 aliphatic rings. The van der Waals surface area contributed by atoms with Crippen LogP contribution in [-0.4, -0.2) is 33.8 Å². The zero-order valence-corrected chi connectivity index (χ0v) is 21.3. The molecule has 0 fully saturated rings. The third kappa shape index (κ3) is 5.47. The monoisotopic (exact) mass is 525 g/mol. The van der Waals surface area contributed by atoms with Crippen molar-refractivity contribution in [3.05, 3.63) is 111 Å². The van der Waals surface area contributed by atoms with Gasteiger partial charge in [0.15, 0.2) is 5.82 Å². The van der Waals surface area contributed by atoms with E-state index < -0.39 is 0 Å². The van der Waals surface area contributed by atoms with Crippen molar-refractivity contribution < 1.29 is 18.7 Å². The van der Waals surface area contributed by atoms with Crippen molar-refractivity contribution in [2.45, 2.75) is 6.92 Å². The van der Waals surface area contributed by atoms with Crippen LogP contribution in [0.2, 0.25) is 0 Å². The summed E-state index contributed by atoms with van der Waals surface area (Å²) in [6, 6.07) is 18.1. The van der Waals surface area contributed by atoms with Crippen molar-refractivity contribution in [1.29, 1.82) is 0 Å². The number of hydrogen-bond donors (Lipinski definition) is 0. The second kappa shape index (κ2) is 11.1. The standard InChI is InChI=1S/C29H23N3O5S/c1-3-17-36-22-12-5-19(6-13-22)7-16-26-30-29-32(31-26)27(33)25(38-29)18-23-14-15-24(37-23)20-8-10-21(11-9-20)28(34)35-4-2/h3,5-16,18H,1,4,17H2,2H3/b16-7+,25-18-. The van der Waals surface area contributed by atoms with Gasteiger partial charge in [0.2, 0.25) is 4.96 Å². The van der Waals surface area contributed by atoms with Crippen LogP contribution in [0.25, 0.3) is 34.5 Å². The van der Waals surface area contributed by atoms with Gasteiger partial charge < -0.3 is 13.9 Å². The Balaban J connectivity index is 1.31. The Morgan fingerprint density at radius 2 is 1.87 bits per heavy atom. The molecular weight excluding hydrogens is 502 g/mol. The number of aromatic nitrogens is 3. The highest BCUT2D eigenvalue weighted by Crippen LogP contribution is 2.23. The van der Waals surface area contributed by atoms with E-state index in [1.807, 2.05) is 36.4 Å². The maximum absolute atomic E-state index is 12.9. The van der Waals surface area contributed by atoms with Crippen molar-refractivity contribution in [3.63, 3.8) is 0 Å². The van der Waals surface area contributed by atoms with Crippen LogP contribution < -0.4 is 14.8 Å². The van der Waals surface area contributed by atoms with E-state index in [2.05, 4.69) is 16.7 Å². The predicted octanol–water partition coefficient (Wildman–Crippen LogP) is 4.87. The zero-order valence-electron chi connectivity index (χ0n) is 20.5. The molecule has 5 aromatic rings. The Kier molecular flexibility index (Phi) is 7.28. The SMILES string of the molecule is C=CCOc1ccc(/C=C/c2nc3s/c(=C\c4ccc(-c5ccc(C(=O)OCC)cc5)o4)c(=O)n3n2)cc1. The van der Waals surface area contributed by atoms with Gasteiger partial charge in [0.1, 0.15) is 28.4 Å². The Hall–Kier alpha value is -4.76. The highest BCUT2D eigenvalue weighted by molar-refractivity contribution is 7.15. The summed E-state index contributed by atoms with van der Waals surface area (Å²) in [4.78, 5) is 29.7. The molecule has 0 aliphatic heterocycles.